The highest BCUT2D eigenvalue weighted by Gasteiger charge is 2.11. The van der Waals surface area contributed by atoms with Crippen LogP contribution in [0, 0.1) is 6.92 Å². The van der Waals surface area contributed by atoms with Crippen LogP contribution in [0.25, 0.3) is 10.9 Å². The topological polar surface area (TPSA) is 119 Å². The van der Waals surface area contributed by atoms with Crippen molar-refractivity contribution >= 4 is 28.7 Å². The van der Waals surface area contributed by atoms with Gasteiger partial charge >= 0.3 is 5.97 Å². The minimum Gasteiger partial charge on any atom is -0.455 e. The SMILES string of the molecule is Cc1cccc2c(=O)n(CCC(=O)OCC(=O)NNC(=O)c3ccccc3)cnc12. The summed E-state index contributed by atoms with van der Waals surface area (Å²) in [6, 6.07) is 13.6. The lowest BCUT2D eigenvalue weighted by Gasteiger charge is -2.09. The molecular weight excluding hydrogens is 388 g/mol. The number of aryl methyl sites for hydroxylation is 2. The van der Waals surface area contributed by atoms with E-state index in [0.29, 0.717) is 16.5 Å². The molecule has 0 unspecified atom stereocenters. The van der Waals surface area contributed by atoms with Crippen LogP contribution < -0.4 is 16.4 Å². The lowest BCUT2D eigenvalue weighted by molar-refractivity contribution is -0.148. The molecule has 2 aromatic carbocycles. The average Bonchev–Trinajstić information content (AvgIpc) is 2.76. The summed E-state index contributed by atoms with van der Waals surface area (Å²) in [5.74, 6) is -1.84. The first kappa shape index (κ1) is 20.7. The number of fused-ring (bicyclic) bond motifs is 1. The Kier molecular flexibility index (Phi) is 6.53. The fraction of sp³-hybridized carbons (Fsp3) is 0.190. The summed E-state index contributed by atoms with van der Waals surface area (Å²) < 4.78 is 6.19. The molecule has 3 aromatic rings. The molecule has 3 rings (SSSR count). The molecule has 0 radical (unpaired) electrons. The van der Waals surface area contributed by atoms with Gasteiger partial charge in [-0.3, -0.25) is 34.6 Å². The minimum absolute atomic E-state index is 0.0703. The molecule has 0 bridgehead atoms. The third kappa shape index (κ3) is 5.07. The Labute approximate surface area is 171 Å². The number of para-hydroxylation sites is 1. The smallest absolute Gasteiger partial charge is 0.308 e. The lowest BCUT2D eigenvalue weighted by atomic mass is 10.1. The summed E-state index contributed by atoms with van der Waals surface area (Å²) in [5, 5.41) is 0.472. The zero-order valence-electron chi connectivity index (χ0n) is 16.3. The van der Waals surface area contributed by atoms with Crippen molar-refractivity contribution in [2.45, 2.75) is 19.9 Å². The van der Waals surface area contributed by atoms with Gasteiger partial charge in [-0.15, -0.1) is 0 Å². The highest BCUT2D eigenvalue weighted by Crippen LogP contribution is 2.11. The van der Waals surface area contributed by atoms with E-state index in [2.05, 4.69) is 15.8 Å². The van der Waals surface area contributed by atoms with Crippen LogP contribution in [0.5, 0.6) is 0 Å². The number of nitrogens with zero attached hydrogens (tertiary/aromatic N) is 2. The Morgan fingerprint density at radius 1 is 1.03 bits per heavy atom. The molecule has 0 atom stereocenters. The normalized spacial score (nSPS) is 10.4. The molecular formula is C21H20N4O5. The fourth-order valence-corrected chi connectivity index (χ4v) is 2.75. The van der Waals surface area contributed by atoms with Crippen molar-refractivity contribution in [2.75, 3.05) is 6.61 Å². The van der Waals surface area contributed by atoms with E-state index in [1.165, 1.54) is 10.9 Å². The van der Waals surface area contributed by atoms with E-state index in [0.717, 1.165) is 5.56 Å². The number of esters is 1. The second kappa shape index (κ2) is 9.46. The fourth-order valence-electron chi connectivity index (χ4n) is 2.75. The van der Waals surface area contributed by atoms with Crippen LogP contribution in [0.2, 0.25) is 0 Å². The quantitative estimate of drug-likeness (QED) is 0.466. The maximum absolute atomic E-state index is 12.5. The zero-order chi connectivity index (χ0) is 21.5. The third-order valence-electron chi connectivity index (χ3n) is 4.33. The summed E-state index contributed by atoms with van der Waals surface area (Å²) in [6.07, 6.45) is 1.28. The summed E-state index contributed by atoms with van der Waals surface area (Å²) in [6.45, 7) is 1.38. The van der Waals surface area contributed by atoms with E-state index < -0.39 is 24.4 Å². The van der Waals surface area contributed by atoms with Crippen molar-refractivity contribution in [1.82, 2.24) is 20.4 Å². The Hall–Kier alpha value is -4.01. The molecule has 0 aliphatic rings. The van der Waals surface area contributed by atoms with E-state index in [-0.39, 0.29) is 18.5 Å². The molecule has 0 aliphatic heterocycles. The number of rotatable bonds is 6. The molecule has 9 nitrogen and oxygen atoms in total. The van der Waals surface area contributed by atoms with E-state index in [4.69, 9.17) is 4.74 Å². The Balaban J connectivity index is 1.45. The largest absolute Gasteiger partial charge is 0.455 e. The number of ether oxygens (including phenoxy) is 1. The second-order valence-electron chi connectivity index (χ2n) is 6.49. The molecule has 154 valence electrons. The maximum atomic E-state index is 12.5. The van der Waals surface area contributed by atoms with Gasteiger partial charge in [0.2, 0.25) is 0 Å². The van der Waals surface area contributed by atoms with Crippen LogP contribution in [0.15, 0.2) is 59.7 Å². The standard InChI is InChI=1S/C21H20N4O5/c1-14-6-5-9-16-19(14)22-13-25(21(16)29)11-10-18(27)30-12-17(26)23-24-20(28)15-7-3-2-4-8-15/h2-9,13H,10-12H2,1H3,(H,23,26)(H,24,28). The minimum atomic E-state index is -0.687. The lowest BCUT2D eigenvalue weighted by Crippen LogP contribution is -2.43. The van der Waals surface area contributed by atoms with Gasteiger partial charge in [-0.05, 0) is 30.7 Å². The predicted molar refractivity (Wildman–Crippen MR) is 108 cm³/mol. The first-order valence-electron chi connectivity index (χ1n) is 9.20. The molecule has 2 N–H and O–H groups in total. The van der Waals surface area contributed by atoms with Crippen molar-refractivity contribution in [1.29, 1.82) is 0 Å². The van der Waals surface area contributed by atoms with Gasteiger partial charge in [-0.1, -0.05) is 30.3 Å². The van der Waals surface area contributed by atoms with Crippen LogP contribution in [-0.4, -0.2) is 33.9 Å². The van der Waals surface area contributed by atoms with Crippen molar-refractivity contribution < 1.29 is 19.1 Å². The molecule has 0 saturated heterocycles. The van der Waals surface area contributed by atoms with Crippen molar-refractivity contribution in [3.05, 3.63) is 76.3 Å². The number of amides is 2. The first-order chi connectivity index (χ1) is 14.5. The van der Waals surface area contributed by atoms with E-state index in [9.17, 15) is 19.2 Å². The van der Waals surface area contributed by atoms with Crippen LogP contribution in [-0.2, 0) is 20.9 Å². The van der Waals surface area contributed by atoms with E-state index >= 15 is 0 Å². The summed E-state index contributed by atoms with van der Waals surface area (Å²) in [7, 11) is 0. The highest BCUT2D eigenvalue weighted by atomic mass is 16.5. The maximum Gasteiger partial charge on any atom is 0.308 e. The number of carbonyl (C=O) groups excluding carboxylic acids is 3. The Morgan fingerprint density at radius 3 is 2.57 bits per heavy atom. The van der Waals surface area contributed by atoms with Crippen LogP contribution >= 0.6 is 0 Å². The molecule has 0 spiro atoms. The van der Waals surface area contributed by atoms with Crippen LogP contribution in [0.4, 0.5) is 0 Å². The van der Waals surface area contributed by atoms with Gasteiger partial charge in [0.1, 0.15) is 0 Å². The molecule has 0 aliphatic carbocycles. The molecule has 1 heterocycles. The summed E-state index contributed by atoms with van der Waals surface area (Å²) in [4.78, 5) is 52.2. The third-order valence-corrected chi connectivity index (χ3v) is 4.33. The number of benzene rings is 2. The van der Waals surface area contributed by atoms with Gasteiger partial charge in [0.05, 0.1) is 23.7 Å². The van der Waals surface area contributed by atoms with Crippen LogP contribution in [0.1, 0.15) is 22.3 Å². The molecule has 2 amide bonds. The summed E-state index contributed by atoms with van der Waals surface area (Å²) in [5.41, 5.74) is 6.02. The average molecular weight is 408 g/mol. The van der Waals surface area contributed by atoms with Crippen molar-refractivity contribution in [3.8, 4) is 0 Å². The Morgan fingerprint density at radius 2 is 1.80 bits per heavy atom. The van der Waals surface area contributed by atoms with Gasteiger partial charge in [0.25, 0.3) is 17.4 Å². The number of hydrogen-bond donors (Lipinski definition) is 2. The molecule has 0 fully saturated rings. The number of nitrogens with one attached hydrogen (secondary N) is 2. The predicted octanol–water partition coefficient (Wildman–Crippen LogP) is 1.10. The molecule has 30 heavy (non-hydrogen) atoms. The van der Waals surface area contributed by atoms with Gasteiger partial charge < -0.3 is 4.74 Å². The van der Waals surface area contributed by atoms with Gasteiger partial charge in [-0.25, -0.2) is 4.98 Å². The van der Waals surface area contributed by atoms with Crippen molar-refractivity contribution in [2.24, 2.45) is 0 Å². The van der Waals surface area contributed by atoms with Gasteiger partial charge in [-0.2, -0.15) is 0 Å². The van der Waals surface area contributed by atoms with Crippen molar-refractivity contribution in [3.63, 3.8) is 0 Å². The monoisotopic (exact) mass is 408 g/mol. The molecule has 9 heteroatoms. The Bertz CT molecular complexity index is 1140. The van der Waals surface area contributed by atoms with E-state index in [1.807, 2.05) is 13.0 Å². The van der Waals surface area contributed by atoms with Gasteiger partial charge in [0.15, 0.2) is 6.61 Å². The number of aromatic nitrogens is 2. The number of carbonyl (C=O) groups is 3. The summed E-state index contributed by atoms with van der Waals surface area (Å²) >= 11 is 0. The highest BCUT2D eigenvalue weighted by molar-refractivity contribution is 5.95. The number of hydrazine groups is 1. The molecule has 1 aromatic heterocycles. The van der Waals surface area contributed by atoms with Crippen LogP contribution in [0.3, 0.4) is 0 Å². The molecule has 0 saturated carbocycles. The number of hydrogen-bond acceptors (Lipinski definition) is 6. The second-order valence-corrected chi connectivity index (χ2v) is 6.49. The first-order valence-corrected chi connectivity index (χ1v) is 9.20. The zero-order valence-corrected chi connectivity index (χ0v) is 16.3. The van der Waals surface area contributed by atoms with Gasteiger partial charge in [0, 0.05) is 12.1 Å². The van der Waals surface area contributed by atoms with E-state index in [1.54, 1.807) is 42.5 Å².